The highest BCUT2D eigenvalue weighted by Gasteiger charge is 2.38. The first-order chi connectivity index (χ1) is 10.8. The molecule has 0 N–H and O–H groups in total. The van der Waals surface area contributed by atoms with Crippen LogP contribution in [0.1, 0.15) is 40.5 Å². The van der Waals surface area contributed by atoms with Gasteiger partial charge in [0.05, 0.1) is 6.61 Å². The van der Waals surface area contributed by atoms with Crippen molar-refractivity contribution in [3.05, 3.63) is 0 Å². The molecule has 0 aliphatic carbocycles. The Morgan fingerprint density at radius 3 is 2.17 bits per heavy atom. The van der Waals surface area contributed by atoms with Crippen LogP contribution in [0.2, 0.25) is 37.8 Å². The molecule has 5 heteroatoms. The van der Waals surface area contributed by atoms with Crippen molar-refractivity contribution in [2.45, 2.75) is 84.4 Å². The van der Waals surface area contributed by atoms with Crippen LogP contribution < -0.4 is 0 Å². The summed E-state index contributed by atoms with van der Waals surface area (Å²) in [6, 6.07) is 0. The number of carbonyl (C=O) groups is 1. The van der Waals surface area contributed by atoms with E-state index >= 15 is 0 Å². The maximum atomic E-state index is 11.5. The minimum absolute atomic E-state index is 0.0981. The predicted octanol–water partition coefficient (Wildman–Crippen LogP) is 4.60. The van der Waals surface area contributed by atoms with Crippen molar-refractivity contribution < 1.29 is 14.0 Å². The van der Waals surface area contributed by atoms with Crippen molar-refractivity contribution in [2.75, 3.05) is 6.61 Å². The zero-order chi connectivity index (χ0) is 19.0. The normalized spacial score (nSPS) is 13.2. The lowest BCUT2D eigenvalue weighted by Gasteiger charge is -2.38. The first kappa shape index (κ1) is 23.0. The first-order valence-corrected chi connectivity index (χ1v) is 15.1. The second-order valence-corrected chi connectivity index (χ2v) is 18.0. The van der Waals surface area contributed by atoms with Crippen LogP contribution in [0.15, 0.2) is 0 Å². The van der Waals surface area contributed by atoms with Crippen LogP contribution in [0.4, 0.5) is 0 Å². The lowest BCUT2D eigenvalue weighted by atomic mass is 10.2. The molecule has 0 aromatic heterocycles. The van der Waals surface area contributed by atoms with E-state index in [1.165, 1.54) is 0 Å². The Bertz CT molecular complexity index is 531. The topological polar surface area (TPSA) is 35.5 Å². The number of esters is 1. The average molecular weight is 367 g/mol. The van der Waals surface area contributed by atoms with Gasteiger partial charge in [0.25, 0.3) is 0 Å². The van der Waals surface area contributed by atoms with Gasteiger partial charge >= 0.3 is 5.97 Å². The molecule has 24 heavy (non-hydrogen) atoms. The second-order valence-electron chi connectivity index (χ2n) is 8.45. The highest BCUT2D eigenvalue weighted by atomic mass is 28.4. The molecule has 0 radical (unpaired) electrons. The van der Waals surface area contributed by atoms with E-state index < -0.39 is 22.4 Å². The van der Waals surface area contributed by atoms with Crippen molar-refractivity contribution in [1.29, 1.82) is 0 Å². The summed E-state index contributed by atoms with van der Waals surface area (Å²) >= 11 is 0. The monoisotopic (exact) mass is 366 g/mol. The fraction of sp³-hybridized carbons (Fsp3) is 0.737. The van der Waals surface area contributed by atoms with Gasteiger partial charge in [0.15, 0.2) is 8.32 Å². The van der Waals surface area contributed by atoms with Crippen LogP contribution in [-0.4, -0.2) is 35.1 Å². The molecule has 136 valence electrons. The zero-order valence-corrected chi connectivity index (χ0v) is 18.9. The Kier molecular flexibility index (Phi) is 9.06. The Hall–Kier alpha value is -1.02. The molecule has 0 rings (SSSR count). The summed E-state index contributed by atoms with van der Waals surface area (Å²) in [7, 11) is -3.31. The van der Waals surface area contributed by atoms with E-state index in [2.05, 4.69) is 76.8 Å². The standard InChI is InChI=1S/C19H34O3Si2/c1-10-21-18(20)15-14-17(13-11-12-16-23(5,6)7)22-24(8,9)19(2,3)4/h17H,10-11,13H2,1-9H3. The molecule has 0 aromatic carbocycles. The van der Waals surface area contributed by atoms with E-state index in [0.29, 0.717) is 6.61 Å². The first-order valence-electron chi connectivity index (χ1n) is 8.64. The number of hydrogen-bond acceptors (Lipinski definition) is 3. The molecule has 0 heterocycles. The number of ether oxygens (including phenoxy) is 1. The van der Waals surface area contributed by atoms with E-state index in [0.717, 1.165) is 12.8 Å². The van der Waals surface area contributed by atoms with E-state index in [1.54, 1.807) is 6.92 Å². The van der Waals surface area contributed by atoms with Gasteiger partial charge in [0.1, 0.15) is 14.2 Å². The molecule has 0 spiro atoms. The van der Waals surface area contributed by atoms with Crippen LogP contribution in [-0.2, 0) is 14.0 Å². The summed E-state index contributed by atoms with van der Waals surface area (Å²) in [5.74, 6) is 8.29. The molecule has 0 aliphatic rings. The molecule has 0 fully saturated rings. The average Bonchev–Trinajstić information content (AvgIpc) is 2.38. The van der Waals surface area contributed by atoms with Crippen molar-refractivity contribution >= 4 is 22.4 Å². The van der Waals surface area contributed by atoms with Gasteiger partial charge in [0.2, 0.25) is 0 Å². The Morgan fingerprint density at radius 1 is 1.12 bits per heavy atom. The molecule has 0 saturated carbocycles. The van der Waals surface area contributed by atoms with Crippen LogP contribution >= 0.6 is 0 Å². The van der Waals surface area contributed by atoms with Crippen molar-refractivity contribution in [3.8, 4) is 23.3 Å². The summed E-state index contributed by atoms with van der Waals surface area (Å²) in [5, 5.41) is 0.0981. The van der Waals surface area contributed by atoms with Gasteiger partial charge in [-0.15, -0.1) is 11.5 Å². The Labute approximate surface area is 151 Å². The summed E-state index contributed by atoms with van der Waals surface area (Å²) in [4.78, 5) is 11.5. The molecule has 0 aromatic rings. The van der Waals surface area contributed by atoms with Crippen LogP contribution in [0.3, 0.4) is 0 Å². The second kappa shape index (κ2) is 9.46. The van der Waals surface area contributed by atoms with Crippen LogP contribution in [0.25, 0.3) is 0 Å². The smallest absolute Gasteiger partial charge is 0.384 e. The van der Waals surface area contributed by atoms with Gasteiger partial charge in [-0.1, -0.05) is 46.3 Å². The molecule has 0 saturated heterocycles. The van der Waals surface area contributed by atoms with Crippen LogP contribution in [0, 0.1) is 23.3 Å². The molecule has 0 bridgehead atoms. The summed E-state index contributed by atoms with van der Waals surface area (Å²) in [6.07, 6.45) is 1.18. The molecule has 1 atom stereocenters. The maximum Gasteiger partial charge on any atom is 0.384 e. The third kappa shape index (κ3) is 9.98. The molecule has 1 unspecified atom stereocenters. The summed E-state index contributed by atoms with van der Waals surface area (Å²) in [6.45, 7) is 19.8. The molecular weight excluding hydrogens is 332 g/mol. The predicted molar refractivity (Wildman–Crippen MR) is 107 cm³/mol. The van der Waals surface area contributed by atoms with Gasteiger partial charge < -0.3 is 9.16 Å². The van der Waals surface area contributed by atoms with Gasteiger partial charge in [-0.25, -0.2) is 4.79 Å². The molecule has 0 amide bonds. The third-order valence-electron chi connectivity index (χ3n) is 3.85. The van der Waals surface area contributed by atoms with Crippen molar-refractivity contribution in [1.82, 2.24) is 0 Å². The van der Waals surface area contributed by atoms with E-state index in [9.17, 15) is 4.79 Å². The number of carbonyl (C=O) groups excluding carboxylic acids is 1. The van der Waals surface area contributed by atoms with E-state index in [-0.39, 0.29) is 11.1 Å². The lowest BCUT2D eigenvalue weighted by molar-refractivity contribution is -0.136. The fourth-order valence-corrected chi connectivity index (χ4v) is 3.43. The van der Waals surface area contributed by atoms with Gasteiger partial charge in [-0.3, -0.25) is 0 Å². The van der Waals surface area contributed by atoms with Crippen molar-refractivity contribution in [3.63, 3.8) is 0 Å². The number of rotatable bonds is 5. The molecule has 3 nitrogen and oxygen atoms in total. The summed E-state index contributed by atoms with van der Waals surface area (Å²) in [5.41, 5.74) is 3.36. The largest absolute Gasteiger partial charge is 0.456 e. The van der Waals surface area contributed by atoms with Crippen LogP contribution in [0.5, 0.6) is 0 Å². The summed E-state index contributed by atoms with van der Waals surface area (Å²) < 4.78 is 11.2. The minimum Gasteiger partial charge on any atom is -0.456 e. The Morgan fingerprint density at radius 2 is 1.71 bits per heavy atom. The van der Waals surface area contributed by atoms with Crippen molar-refractivity contribution in [2.24, 2.45) is 0 Å². The maximum absolute atomic E-state index is 11.5. The fourth-order valence-electron chi connectivity index (χ4n) is 1.53. The zero-order valence-electron chi connectivity index (χ0n) is 16.9. The number of hydrogen-bond donors (Lipinski definition) is 0. The molecule has 0 aliphatic heterocycles. The highest BCUT2D eigenvalue weighted by Crippen LogP contribution is 2.37. The highest BCUT2D eigenvalue weighted by molar-refractivity contribution is 6.83. The SMILES string of the molecule is CCOC(=O)C#CC(CCC#C[Si](C)(C)C)O[Si](C)(C)C(C)(C)C. The lowest BCUT2D eigenvalue weighted by Crippen LogP contribution is -2.43. The minimum atomic E-state index is -1.95. The van der Waals surface area contributed by atoms with Gasteiger partial charge in [-0.2, -0.15) is 0 Å². The Balaban J connectivity index is 5.09. The van der Waals surface area contributed by atoms with Gasteiger partial charge in [0, 0.05) is 12.3 Å². The third-order valence-corrected chi connectivity index (χ3v) is 9.26. The van der Waals surface area contributed by atoms with E-state index in [4.69, 9.17) is 9.16 Å². The quantitative estimate of drug-likeness (QED) is 0.309. The van der Waals surface area contributed by atoms with E-state index in [1.807, 2.05) is 0 Å². The molecular formula is C19H34O3Si2. The van der Waals surface area contributed by atoms with Gasteiger partial charge in [-0.05, 0) is 31.5 Å².